The zero-order valence-corrected chi connectivity index (χ0v) is 24.2. The van der Waals surface area contributed by atoms with Crippen molar-refractivity contribution >= 4 is 7.37 Å². The monoisotopic (exact) mass is 537 g/mol. The first-order valence-corrected chi connectivity index (χ1v) is 15.5. The molecule has 3 aromatic rings. The molecule has 6 nitrogen and oxygen atoms in total. The van der Waals surface area contributed by atoms with Crippen molar-refractivity contribution in [3.63, 3.8) is 0 Å². The van der Waals surface area contributed by atoms with Crippen LogP contribution in [0.5, 0.6) is 11.6 Å². The summed E-state index contributed by atoms with van der Waals surface area (Å²) in [6, 6.07) is 18.3. The number of benzene rings is 2. The lowest BCUT2D eigenvalue weighted by Gasteiger charge is -2.32. The van der Waals surface area contributed by atoms with E-state index in [4.69, 9.17) is 14.2 Å². The van der Waals surface area contributed by atoms with Crippen LogP contribution in [-0.2, 0) is 15.9 Å². The van der Waals surface area contributed by atoms with Crippen LogP contribution in [0.1, 0.15) is 62.3 Å². The molecule has 3 atom stereocenters. The van der Waals surface area contributed by atoms with Gasteiger partial charge in [-0.2, -0.15) is 0 Å². The number of rotatable bonds is 11. The Hall–Kier alpha value is -2.66. The third kappa shape index (κ3) is 7.25. The van der Waals surface area contributed by atoms with Crippen LogP contribution in [0.25, 0.3) is 11.1 Å². The highest BCUT2D eigenvalue weighted by molar-refractivity contribution is 7.57. The fraction of sp³-hybridized carbons (Fsp3) is 0.452. The smallest absolute Gasteiger partial charge is 0.213 e. The molecule has 1 aliphatic carbocycles. The average molecular weight is 538 g/mol. The summed E-state index contributed by atoms with van der Waals surface area (Å²) in [7, 11) is 0.298. The van der Waals surface area contributed by atoms with Crippen LogP contribution in [0.4, 0.5) is 0 Å². The molecule has 1 heterocycles. The Morgan fingerprint density at radius 1 is 1.08 bits per heavy atom. The Balaban J connectivity index is 1.61. The van der Waals surface area contributed by atoms with Crippen LogP contribution >= 0.6 is 7.37 Å². The molecule has 2 aromatic carbocycles. The van der Waals surface area contributed by atoms with Gasteiger partial charge in [-0.25, -0.2) is 4.98 Å². The summed E-state index contributed by atoms with van der Waals surface area (Å²) < 4.78 is 29.8. The number of hydrogen-bond donors (Lipinski definition) is 1. The summed E-state index contributed by atoms with van der Waals surface area (Å²) in [5, 5.41) is 0. The van der Waals surface area contributed by atoms with Crippen molar-refractivity contribution < 1.29 is 23.7 Å². The van der Waals surface area contributed by atoms with Gasteiger partial charge in [-0.15, -0.1) is 0 Å². The first kappa shape index (κ1) is 28.4. The number of methoxy groups -OCH3 is 2. The van der Waals surface area contributed by atoms with Crippen molar-refractivity contribution in [2.24, 2.45) is 11.3 Å². The van der Waals surface area contributed by atoms with E-state index in [1.807, 2.05) is 30.3 Å². The van der Waals surface area contributed by atoms with Gasteiger partial charge >= 0.3 is 0 Å². The second kappa shape index (κ2) is 11.6. The van der Waals surface area contributed by atoms with Gasteiger partial charge in [-0.1, -0.05) is 45.0 Å². The second-order valence-corrected chi connectivity index (χ2v) is 14.0. The fourth-order valence-electron chi connectivity index (χ4n) is 5.20. The lowest BCUT2D eigenvalue weighted by atomic mass is 9.81. The summed E-state index contributed by atoms with van der Waals surface area (Å²) in [6.07, 6.45) is 4.09. The fourth-order valence-corrected chi connectivity index (χ4v) is 6.44. The molecule has 204 valence electrons. The maximum atomic E-state index is 12.2. The Morgan fingerprint density at radius 3 is 2.47 bits per heavy atom. The molecule has 7 heteroatoms. The van der Waals surface area contributed by atoms with Gasteiger partial charge in [0.1, 0.15) is 12.4 Å². The van der Waals surface area contributed by atoms with E-state index in [1.165, 1.54) is 6.66 Å². The maximum Gasteiger partial charge on any atom is 0.213 e. The molecule has 0 saturated heterocycles. The molecule has 0 bridgehead atoms. The Morgan fingerprint density at radius 2 is 1.84 bits per heavy atom. The number of pyridine rings is 1. The maximum absolute atomic E-state index is 12.2. The summed E-state index contributed by atoms with van der Waals surface area (Å²) in [4.78, 5) is 14.4. The highest BCUT2D eigenvalue weighted by Crippen LogP contribution is 2.50. The molecule has 0 spiro atoms. The first-order valence-electron chi connectivity index (χ1n) is 13.2. The van der Waals surface area contributed by atoms with Gasteiger partial charge in [0.25, 0.3) is 0 Å². The van der Waals surface area contributed by atoms with Gasteiger partial charge in [-0.3, -0.25) is 4.57 Å². The van der Waals surface area contributed by atoms with Crippen molar-refractivity contribution in [2.75, 3.05) is 27.0 Å². The van der Waals surface area contributed by atoms with E-state index in [1.54, 1.807) is 20.4 Å². The van der Waals surface area contributed by atoms with E-state index in [0.29, 0.717) is 24.6 Å². The lowest BCUT2D eigenvalue weighted by molar-refractivity contribution is 0.0155. The van der Waals surface area contributed by atoms with E-state index in [-0.39, 0.29) is 17.4 Å². The van der Waals surface area contributed by atoms with Crippen molar-refractivity contribution in [3.8, 4) is 22.8 Å². The van der Waals surface area contributed by atoms with E-state index >= 15 is 0 Å². The van der Waals surface area contributed by atoms with Crippen molar-refractivity contribution in [1.29, 1.82) is 0 Å². The summed E-state index contributed by atoms with van der Waals surface area (Å²) in [6.45, 7) is 8.31. The highest BCUT2D eigenvalue weighted by Gasteiger charge is 2.35. The van der Waals surface area contributed by atoms with Gasteiger partial charge in [0, 0.05) is 32.2 Å². The van der Waals surface area contributed by atoms with Crippen LogP contribution in [0.2, 0.25) is 0 Å². The van der Waals surface area contributed by atoms with Crippen LogP contribution in [0, 0.1) is 11.3 Å². The molecule has 0 amide bonds. The van der Waals surface area contributed by atoms with E-state index < -0.39 is 7.37 Å². The van der Waals surface area contributed by atoms with Crippen molar-refractivity contribution in [1.82, 2.24) is 4.98 Å². The van der Waals surface area contributed by atoms with Crippen LogP contribution < -0.4 is 9.47 Å². The molecule has 4 rings (SSSR count). The van der Waals surface area contributed by atoms with Crippen LogP contribution in [-0.4, -0.2) is 36.9 Å². The Kier molecular flexibility index (Phi) is 8.66. The zero-order valence-electron chi connectivity index (χ0n) is 23.3. The molecule has 0 aliphatic heterocycles. The van der Waals surface area contributed by atoms with E-state index in [0.717, 1.165) is 46.4 Å². The van der Waals surface area contributed by atoms with Gasteiger partial charge in [0.05, 0.1) is 13.2 Å². The largest absolute Gasteiger partial charge is 0.497 e. The van der Waals surface area contributed by atoms with Crippen LogP contribution in [0.15, 0.2) is 60.8 Å². The summed E-state index contributed by atoms with van der Waals surface area (Å²) in [5.41, 5.74) is 5.16. The number of aromatic nitrogens is 1. The minimum atomic E-state index is -3.13. The normalized spacial score (nSPS) is 16.9. The molecule has 1 N–H and O–H groups in total. The van der Waals surface area contributed by atoms with Gasteiger partial charge in [0.15, 0.2) is 7.37 Å². The quantitative estimate of drug-likeness (QED) is 0.256. The lowest BCUT2D eigenvalue weighted by Crippen LogP contribution is -2.21. The average Bonchev–Trinajstić information content (AvgIpc) is 3.71. The van der Waals surface area contributed by atoms with Crippen LogP contribution in [0.3, 0.4) is 0 Å². The van der Waals surface area contributed by atoms with Crippen molar-refractivity contribution in [2.45, 2.75) is 52.2 Å². The molecule has 1 aromatic heterocycles. The molecule has 1 unspecified atom stereocenters. The number of hydrogen-bond acceptors (Lipinski definition) is 5. The molecule has 38 heavy (non-hydrogen) atoms. The van der Waals surface area contributed by atoms with Gasteiger partial charge in [0.2, 0.25) is 5.88 Å². The second-order valence-electron chi connectivity index (χ2n) is 11.5. The SMILES string of the molecule is COc1cccc(-c2ccc(COc3cc([C@@H](CP(C)(=O)O)C4CC4)ccn3)cc2[C@@H](OC)C(C)(C)C)c1. The third-order valence-electron chi connectivity index (χ3n) is 7.10. The summed E-state index contributed by atoms with van der Waals surface area (Å²) >= 11 is 0. The van der Waals surface area contributed by atoms with Crippen molar-refractivity contribution in [3.05, 3.63) is 77.5 Å². The standard InChI is InChI=1S/C31H40NO5P/c1-31(2,3)30(36-5)27-16-21(10-13-26(27)23-8-7-9-25(17-23)35-4)19-37-29-18-24(14-15-32-29)28(22-11-12-22)20-38(6,33)34/h7-10,13-18,22,28,30H,11-12,19-20H2,1-6H3,(H,33,34)/t28-,30+/m0/s1. The van der Waals surface area contributed by atoms with Gasteiger partial charge in [-0.05, 0) is 82.2 Å². The molecule has 0 radical (unpaired) electrons. The molecular formula is C31H40NO5P. The third-order valence-corrected chi connectivity index (χ3v) is 8.17. The van der Waals surface area contributed by atoms with Gasteiger partial charge < -0.3 is 19.1 Å². The molecule has 1 saturated carbocycles. The minimum absolute atomic E-state index is 0.0594. The van der Waals surface area contributed by atoms with E-state index in [9.17, 15) is 9.46 Å². The predicted octanol–water partition coefficient (Wildman–Crippen LogP) is 7.46. The predicted molar refractivity (Wildman–Crippen MR) is 152 cm³/mol. The zero-order chi connectivity index (χ0) is 27.5. The molecule has 1 aliphatic rings. The molecule has 1 fully saturated rings. The molecular weight excluding hydrogens is 497 g/mol. The highest BCUT2D eigenvalue weighted by atomic mass is 31.2. The summed E-state index contributed by atoms with van der Waals surface area (Å²) in [5.74, 6) is 1.85. The number of ether oxygens (including phenoxy) is 3. The Labute approximate surface area is 226 Å². The topological polar surface area (TPSA) is 77.9 Å². The first-order chi connectivity index (χ1) is 18.0. The number of nitrogens with zero attached hydrogens (tertiary/aromatic N) is 1. The minimum Gasteiger partial charge on any atom is -0.497 e. The van der Waals surface area contributed by atoms with E-state index in [2.05, 4.69) is 50.0 Å². The Bertz CT molecular complexity index is 1290.